The standard InChI is InChI=1S/C13H5F15/c1-4-6(9(16,17)12(23,24)25)2-5(8(14,15)11(20,21)22)3-7(4)10(18,19)13(26,27)28/h2-3H,1H3. The first kappa shape index (κ1) is 24.2. The van der Waals surface area contributed by atoms with Crippen molar-refractivity contribution >= 4 is 0 Å². The summed E-state index contributed by atoms with van der Waals surface area (Å²) in [7, 11) is 0. The molecule has 0 atom stereocenters. The molecule has 0 saturated heterocycles. The molecule has 0 unspecified atom stereocenters. The minimum Gasteiger partial charge on any atom is -0.191 e. The monoisotopic (exact) mass is 446 g/mol. The van der Waals surface area contributed by atoms with Crippen molar-refractivity contribution in [2.75, 3.05) is 0 Å². The topological polar surface area (TPSA) is 0 Å². The molecule has 1 rings (SSSR count). The van der Waals surface area contributed by atoms with Crippen molar-refractivity contribution in [3.8, 4) is 0 Å². The average molecular weight is 446 g/mol. The highest BCUT2D eigenvalue weighted by Gasteiger charge is 2.65. The molecule has 0 nitrogen and oxygen atoms in total. The molecule has 0 fully saturated rings. The van der Waals surface area contributed by atoms with Crippen molar-refractivity contribution in [3.05, 3.63) is 34.4 Å². The van der Waals surface area contributed by atoms with Crippen LogP contribution < -0.4 is 0 Å². The maximum absolute atomic E-state index is 13.5. The quantitative estimate of drug-likeness (QED) is 0.441. The molecular weight excluding hydrogens is 441 g/mol. The van der Waals surface area contributed by atoms with Crippen molar-refractivity contribution in [2.45, 2.75) is 43.2 Å². The van der Waals surface area contributed by atoms with Gasteiger partial charge in [0.05, 0.1) is 0 Å². The van der Waals surface area contributed by atoms with Gasteiger partial charge in [0, 0.05) is 16.7 Å². The third-order valence-corrected chi connectivity index (χ3v) is 3.51. The minimum absolute atomic E-state index is 0.126. The summed E-state index contributed by atoms with van der Waals surface area (Å²) in [5, 5.41) is 0. The summed E-state index contributed by atoms with van der Waals surface area (Å²) in [5.74, 6) is -18.9. The summed E-state index contributed by atoms with van der Waals surface area (Å²) in [6.45, 7) is -0.126. The molecule has 1 aromatic rings. The lowest BCUT2D eigenvalue weighted by Crippen LogP contribution is -2.40. The van der Waals surface area contributed by atoms with Crippen molar-refractivity contribution in [3.63, 3.8) is 0 Å². The number of alkyl halides is 15. The third kappa shape index (κ3) is 3.71. The molecule has 0 heterocycles. The SMILES string of the molecule is Cc1c(C(F)(F)C(F)(F)F)cc(C(F)(F)C(F)(F)F)cc1C(F)(F)C(F)(F)F. The minimum atomic E-state index is -6.70. The van der Waals surface area contributed by atoms with Gasteiger partial charge in [-0.05, 0) is 24.6 Å². The summed E-state index contributed by atoms with van der Waals surface area (Å²) in [6.07, 6.45) is -20.1. The van der Waals surface area contributed by atoms with Crippen molar-refractivity contribution in [1.29, 1.82) is 0 Å². The molecule has 1 aromatic carbocycles. The second-order valence-corrected chi connectivity index (χ2v) is 5.41. The fourth-order valence-electron chi connectivity index (χ4n) is 2.02. The zero-order chi connectivity index (χ0) is 22.7. The smallest absolute Gasteiger partial charge is 0.191 e. The molecule has 0 saturated carbocycles. The van der Waals surface area contributed by atoms with E-state index in [4.69, 9.17) is 0 Å². The molecule has 0 amide bonds. The maximum Gasteiger partial charge on any atom is 0.458 e. The Bertz CT molecular complexity index is 685. The molecule has 0 N–H and O–H groups in total. The number of halogens is 15. The van der Waals surface area contributed by atoms with Gasteiger partial charge in [-0.1, -0.05) is 0 Å². The lowest BCUT2D eigenvalue weighted by molar-refractivity contribution is -0.295. The van der Waals surface area contributed by atoms with Crippen LogP contribution in [0.15, 0.2) is 12.1 Å². The van der Waals surface area contributed by atoms with Crippen LogP contribution in [-0.2, 0) is 17.8 Å². The second-order valence-electron chi connectivity index (χ2n) is 5.41. The van der Waals surface area contributed by atoms with Gasteiger partial charge in [-0.2, -0.15) is 65.9 Å². The molecule has 0 aliphatic carbocycles. The summed E-state index contributed by atoms with van der Waals surface area (Å²) in [5.41, 5.74) is -10.9. The Labute approximate surface area is 144 Å². The predicted octanol–water partition coefficient (Wildman–Crippen LogP) is 6.96. The van der Waals surface area contributed by atoms with Gasteiger partial charge >= 0.3 is 36.3 Å². The van der Waals surface area contributed by atoms with Crippen LogP contribution in [0.2, 0.25) is 0 Å². The number of benzene rings is 1. The highest BCUT2D eigenvalue weighted by atomic mass is 19.4. The largest absolute Gasteiger partial charge is 0.458 e. The van der Waals surface area contributed by atoms with Gasteiger partial charge in [0.15, 0.2) is 0 Å². The van der Waals surface area contributed by atoms with E-state index < -0.39 is 70.7 Å². The lowest BCUT2D eigenvalue weighted by atomic mass is 9.89. The Balaban J connectivity index is 4.06. The Kier molecular flexibility index (Phi) is 5.48. The van der Waals surface area contributed by atoms with Crippen LogP contribution in [0.3, 0.4) is 0 Å². The Morgan fingerprint density at radius 1 is 0.464 bits per heavy atom. The first-order valence-electron chi connectivity index (χ1n) is 6.49. The van der Waals surface area contributed by atoms with E-state index in [0.29, 0.717) is 0 Å². The number of rotatable bonds is 3. The van der Waals surface area contributed by atoms with Crippen LogP contribution in [0, 0.1) is 6.92 Å². The number of hydrogen-bond acceptors (Lipinski definition) is 0. The molecule has 162 valence electrons. The van der Waals surface area contributed by atoms with Gasteiger partial charge in [-0.3, -0.25) is 0 Å². The molecule has 0 aliphatic rings. The predicted molar refractivity (Wildman–Crippen MR) is 61.0 cm³/mol. The molecule has 0 radical (unpaired) electrons. The van der Waals surface area contributed by atoms with Crippen LogP contribution in [0.4, 0.5) is 65.9 Å². The molecule has 28 heavy (non-hydrogen) atoms. The van der Waals surface area contributed by atoms with Gasteiger partial charge < -0.3 is 0 Å². The van der Waals surface area contributed by atoms with Crippen LogP contribution in [0.1, 0.15) is 22.3 Å². The van der Waals surface area contributed by atoms with E-state index in [9.17, 15) is 65.9 Å². The van der Waals surface area contributed by atoms with Gasteiger partial charge in [0.25, 0.3) is 0 Å². The van der Waals surface area contributed by atoms with Gasteiger partial charge in [0.2, 0.25) is 0 Å². The van der Waals surface area contributed by atoms with Gasteiger partial charge in [-0.25, -0.2) is 0 Å². The average Bonchev–Trinajstić information content (AvgIpc) is 2.42. The van der Waals surface area contributed by atoms with Crippen molar-refractivity contribution < 1.29 is 65.9 Å². The third-order valence-electron chi connectivity index (χ3n) is 3.51. The van der Waals surface area contributed by atoms with E-state index in [-0.39, 0.29) is 6.92 Å². The molecule has 0 bridgehead atoms. The van der Waals surface area contributed by atoms with Crippen molar-refractivity contribution in [1.82, 2.24) is 0 Å². The highest BCUT2D eigenvalue weighted by Crippen LogP contribution is 2.53. The van der Waals surface area contributed by atoms with Crippen LogP contribution >= 0.6 is 0 Å². The normalized spacial score (nSPS) is 15.1. The van der Waals surface area contributed by atoms with Crippen LogP contribution in [0.5, 0.6) is 0 Å². The fraction of sp³-hybridized carbons (Fsp3) is 0.538. The van der Waals surface area contributed by atoms with E-state index in [0.717, 1.165) is 0 Å². The first-order chi connectivity index (χ1) is 12.0. The molecular formula is C13H5F15. The number of hydrogen-bond donors (Lipinski definition) is 0. The fourth-order valence-corrected chi connectivity index (χ4v) is 2.02. The maximum atomic E-state index is 13.5. The molecule has 0 aromatic heterocycles. The zero-order valence-electron chi connectivity index (χ0n) is 12.8. The summed E-state index contributed by atoms with van der Waals surface area (Å²) in [4.78, 5) is 0. The van der Waals surface area contributed by atoms with E-state index in [2.05, 4.69) is 0 Å². The van der Waals surface area contributed by atoms with E-state index in [1.165, 1.54) is 0 Å². The van der Waals surface area contributed by atoms with E-state index in [1.54, 1.807) is 0 Å². The zero-order valence-corrected chi connectivity index (χ0v) is 12.8. The Morgan fingerprint density at radius 3 is 0.929 bits per heavy atom. The first-order valence-corrected chi connectivity index (χ1v) is 6.49. The summed E-state index contributed by atoms with van der Waals surface area (Å²) < 4.78 is 192. The van der Waals surface area contributed by atoms with Crippen LogP contribution in [-0.4, -0.2) is 18.5 Å². The summed E-state index contributed by atoms with van der Waals surface area (Å²) >= 11 is 0. The molecule has 15 heteroatoms. The summed E-state index contributed by atoms with van der Waals surface area (Å²) in [6, 6.07) is -2.21. The van der Waals surface area contributed by atoms with Gasteiger partial charge in [0.1, 0.15) is 0 Å². The van der Waals surface area contributed by atoms with E-state index in [1.807, 2.05) is 0 Å². The molecule has 0 spiro atoms. The lowest BCUT2D eigenvalue weighted by Gasteiger charge is -2.29. The van der Waals surface area contributed by atoms with E-state index >= 15 is 0 Å². The van der Waals surface area contributed by atoms with Gasteiger partial charge in [-0.15, -0.1) is 0 Å². The van der Waals surface area contributed by atoms with Crippen molar-refractivity contribution in [2.24, 2.45) is 0 Å². The molecule has 0 aliphatic heterocycles. The van der Waals surface area contributed by atoms with Crippen LogP contribution in [0.25, 0.3) is 0 Å². The Hall–Kier alpha value is -1.83. The highest BCUT2D eigenvalue weighted by molar-refractivity contribution is 5.45. The second kappa shape index (κ2) is 6.34. The Morgan fingerprint density at radius 2 is 0.714 bits per heavy atom.